The molecule has 0 saturated carbocycles. The molecule has 0 aliphatic heterocycles. The number of hydrogen-bond donors (Lipinski definition) is 0. The summed E-state index contributed by atoms with van der Waals surface area (Å²) >= 11 is 12.1. The van der Waals surface area contributed by atoms with E-state index in [0.717, 1.165) is 11.3 Å². The van der Waals surface area contributed by atoms with Gasteiger partial charge in [0.1, 0.15) is 5.82 Å². The molecule has 146 valence electrons. The minimum atomic E-state index is -0.446. The van der Waals surface area contributed by atoms with Gasteiger partial charge >= 0.3 is 6.03 Å². The zero-order valence-electron chi connectivity index (χ0n) is 15.7. The van der Waals surface area contributed by atoms with Crippen molar-refractivity contribution in [3.8, 4) is 5.69 Å². The van der Waals surface area contributed by atoms with Crippen molar-refractivity contribution < 1.29 is 9.18 Å². The highest BCUT2D eigenvalue weighted by atomic mass is 35.5. The lowest BCUT2D eigenvalue weighted by Crippen LogP contribution is -2.38. The lowest BCUT2D eigenvalue weighted by atomic mass is 10.2. The molecular formula is C20H19Cl2FN4O. The second-order valence-corrected chi connectivity index (χ2v) is 7.34. The fourth-order valence-electron chi connectivity index (χ4n) is 2.81. The van der Waals surface area contributed by atoms with Crippen LogP contribution in [0.4, 0.5) is 14.9 Å². The fourth-order valence-corrected chi connectivity index (χ4v) is 3.27. The van der Waals surface area contributed by atoms with Gasteiger partial charge in [0, 0.05) is 42.6 Å². The molecule has 0 aliphatic rings. The number of carbonyl (C=O) groups excluding carboxylic acids is 1. The van der Waals surface area contributed by atoms with Crippen molar-refractivity contribution in [2.24, 2.45) is 0 Å². The van der Waals surface area contributed by atoms with Crippen LogP contribution in [-0.2, 0) is 6.54 Å². The number of hydrogen-bond acceptors (Lipinski definition) is 2. The molecule has 0 aliphatic carbocycles. The van der Waals surface area contributed by atoms with Crippen LogP contribution in [0.25, 0.3) is 5.69 Å². The summed E-state index contributed by atoms with van der Waals surface area (Å²) < 4.78 is 16.2. The van der Waals surface area contributed by atoms with E-state index >= 15 is 0 Å². The number of carbonyl (C=O) groups is 1. The van der Waals surface area contributed by atoms with Gasteiger partial charge in [0.25, 0.3) is 0 Å². The van der Waals surface area contributed by atoms with E-state index in [0.29, 0.717) is 28.0 Å². The molecule has 1 heterocycles. The van der Waals surface area contributed by atoms with Gasteiger partial charge < -0.3 is 9.47 Å². The molecule has 0 radical (unpaired) electrons. The third-order valence-corrected chi connectivity index (χ3v) is 4.93. The summed E-state index contributed by atoms with van der Waals surface area (Å²) in [6.45, 7) is 2.13. The summed E-state index contributed by atoms with van der Waals surface area (Å²) in [7, 11) is 3.25. The maximum Gasteiger partial charge on any atom is 0.324 e. The summed E-state index contributed by atoms with van der Waals surface area (Å²) in [4.78, 5) is 19.7. The molecule has 3 aromatic rings. The van der Waals surface area contributed by atoms with Gasteiger partial charge in [-0.2, -0.15) is 0 Å². The minimum absolute atomic E-state index is 0.295. The van der Waals surface area contributed by atoms with E-state index < -0.39 is 5.82 Å². The van der Waals surface area contributed by atoms with E-state index in [4.69, 9.17) is 23.2 Å². The zero-order valence-corrected chi connectivity index (χ0v) is 17.2. The Kier molecular flexibility index (Phi) is 5.91. The van der Waals surface area contributed by atoms with E-state index in [-0.39, 0.29) is 6.03 Å². The molecule has 1 aromatic heterocycles. The molecular weight excluding hydrogens is 402 g/mol. The second kappa shape index (κ2) is 8.20. The number of urea groups is 1. The normalized spacial score (nSPS) is 10.8. The minimum Gasteiger partial charge on any atom is -0.323 e. The largest absolute Gasteiger partial charge is 0.324 e. The lowest BCUT2D eigenvalue weighted by molar-refractivity contribution is 0.215. The summed E-state index contributed by atoms with van der Waals surface area (Å²) in [5.41, 5.74) is 2.37. The summed E-state index contributed by atoms with van der Waals surface area (Å²) in [6.07, 6.45) is 3.28. The van der Waals surface area contributed by atoms with E-state index in [9.17, 15) is 9.18 Å². The van der Waals surface area contributed by atoms with Crippen molar-refractivity contribution in [2.45, 2.75) is 13.5 Å². The van der Waals surface area contributed by atoms with Gasteiger partial charge in [0.05, 0.1) is 17.7 Å². The molecule has 28 heavy (non-hydrogen) atoms. The predicted octanol–water partition coefficient (Wildman–Crippen LogP) is 5.31. The fraction of sp³-hybridized carbons (Fsp3) is 0.200. The Labute approximate surface area is 172 Å². The Morgan fingerprint density at radius 2 is 1.93 bits per heavy atom. The molecule has 0 atom stereocenters. The van der Waals surface area contributed by atoms with Crippen molar-refractivity contribution >= 4 is 34.9 Å². The Hall–Kier alpha value is -2.57. The smallest absolute Gasteiger partial charge is 0.323 e. The average molecular weight is 421 g/mol. The Bertz CT molecular complexity index is 1020. The monoisotopic (exact) mass is 420 g/mol. The van der Waals surface area contributed by atoms with Gasteiger partial charge in [-0.1, -0.05) is 29.3 Å². The molecule has 0 saturated heterocycles. The van der Waals surface area contributed by atoms with E-state index in [1.807, 2.05) is 6.92 Å². The second-order valence-electron chi connectivity index (χ2n) is 6.49. The highest BCUT2D eigenvalue weighted by Gasteiger charge is 2.18. The molecule has 0 bridgehead atoms. The van der Waals surface area contributed by atoms with Crippen LogP contribution < -0.4 is 4.90 Å². The molecule has 3 rings (SSSR count). The van der Waals surface area contributed by atoms with Gasteiger partial charge in [-0.25, -0.2) is 14.2 Å². The number of aromatic nitrogens is 2. The Morgan fingerprint density at radius 3 is 2.54 bits per heavy atom. The van der Waals surface area contributed by atoms with Gasteiger partial charge in [-0.3, -0.25) is 4.90 Å². The van der Waals surface area contributed by atoms with Crippen molar-refractivity contribution in [3.63, 3.8) is 0 Å². The maximum absolute atomic E-state index is 14.6. The highest BCUT2D eigenvalue weighted by Crippen LogP contribution is 2.24. The van der Waals surface area contributed by atoms with Crippen LogP contribution in [0.5, 0.6) is 0 Å². The van der Waals surface area contributed by atoms with Crippen molar-refractivity contribution in [2.75, 3.05) is 19.0 Å². The number of benzene rings is 2. The van der Waals surface area contributed by atoms with Crippen LogP contribution in [0.2, 0.25) is 10.0 Å². The number of halogens is 3. The molecule has 0 spiro atoms. The average Bonchev–Trinajstić information content (AvgIpc) is 3.08. The van der Waals surface area contributed by atoms with Crippen LogP contribution in [0, 0.1) is 12.7 Å². The predicted molar refractivity (Wildman–Crippen MR) is 110 cm³/mol. The van der Waals surface area contributed by atoms with Crippen molar-refractivity contribution in [1.82, 2.24) is 14.5 Å². The van der Waals surface area contributed by atoms with Gasteiger partial charge in [-0.05, 0) is 42.8 Å². The first kappa shape index (κ1) is 20.2. The van der Waals surface area contributed by atoms with Crippen LogP contribution in [-0.4, -0.2) is 34.6 Å². The number of rotatable bonds is 4. The highest BCUT2D eigenvalue weighted by molar-refractivity contribution is 6.35. The Morgan fingerprint density at radius 1 is 1.18 bits per heavy atom. The van der Waals surface area contributed by atoms with E-state index in [1.54, 1.807) is 61.5 Å². The van der Waals surface area contributed by atoms with Gasteiger partial charge in [-0.15, -0.1) is 0 Å². The first-order valence-corrected chi connectivity index (χ1v) is 9.25. The molecule has 5 nitrogen and oxygen atoms in total. The number of aryl methyl sites for hydroxylation is 1. The van der Waals surface area contributed by atoms with E-state index in [1.165, 1.54) is 15.9 Å². The molecule has 0 fully saturated rings. The summed E-state index contributed by atoms with van der Waals surface area (Å²) in [6, 6.07) is 9.46. The first-order chi connectivity index (χ1) is 13.3. The maximum atomic E-state index is 14.6. The van der Waals surface area contributed by atoms with Crippen LogP contribution in [0.3, 0.4) is 0 Å². The molecule has 0 unspecified atom stereocenters. The summed E-state index contributed by atoms with van der Waals surface area (Å²) in [5, 5.41) is 1.02. The SMILES string of the molecule is Cc1cn(-c2ccc(N(C)C(=O)N(C)Cc3ccc(Cl)cc3Cl)cc2F)cn1. The molecule has 2 aromatic carbocycles. The van der Waals surface area contributed by atoms with Gasteiger partial charge in [0.2, 0.25) is 0 Å². The summed E-state index contributed by atoms with van der Waals surface area (Å²) in [5.74, 6) is -0.446. The molecule has 8 heteroatoms. The number of anilines is 1. The van der Waals surface area contributed by atoms with E-state index in [2.05, 4.69) is 4.98 Å². The third-order valence-electron chi connectivity index (χ3n) is 4.34. The van der Waals surface area contributed by atoms with Crippen molar-refractivity contribution in [1.29, 1.82) is 0 Å². The Balaban J connectivity index is 1.76. The number of imidazole rings is 1. The topological polar surface area (TPSA) is 41.4 Å². The van der Waals surface area contributed by atoms with Crippen molar-refractivity contribution in [3.05, 3.63) is 76.0 Å². The number of nitrogens with zero attached hydrogens (tertiary/aromatic N) is 4. The quantitative estimate of drug-likeness (QED) is 0.573. The molecule has 2 amide bonds. The third kappa shape index (κ3) is 4.29. The standard InChI is InChI=1S/C20H19Cl2FN4O/c1-13-10-27(12-24-13)19-7-6-16(9-18(19)23)26(3)20(28)25(2)11-14-4-5-15(21)8-17(14)22/h4-10,12H,11H2,1-3H3. The van der Waals surface area contributed by atoms with Crippen LogP contribution in [0.1, 0.15) is 11.3 Å². The van der Waals surface area contributed by atoms with Gasteiger partial charge in [0.15, 0.2) is 0 Å². The first-order valence-electron chi connectivity index (χ1n) is 8.49. The molecule has 0 N–H and O–H groups in total. The number of amides is 2. The zero-order chi connectivity index (χ0) is 20.4. The lowest BCUT2D eigenvalue weighted by Gasteiger charge is -2.25. The van der Waals surface area contributed by atoms with Crippen LogP contribution >= 0.6 is 23.2 Å². The van der Waals surface area contributed by atoms with Crippen LogP contribution in [0.15, 0.2) is 48.9 Å².